The Bertz CT molecular complexity index is 775. The lowest BCUT2D eigenvalue weighted by Gasteiger charge is -2.40. The van der Waals surface area contributed by atoms with E-state index in [4.69, 9.17) is 0 Å². The number of fused-ring (bicyclic) bond motifs is 6. The van der Waals surface area contributed by atoms with E-state index >= 15 is 0 Å². The molecule has 2 aromatic rings. The molecule has 2 bridgehead atoms. The first-order valence-corrected chi connectivity index (χ1v) is 9.86. The van der Waals surface area contributed by atoms with Crippen LogP contribution in [0.1, 0.15) is 41.2 Å². The molecule has 5 unspecified atom stereocenters. The largest absolute Gasteiger partial charge is 0.307 e. The number of benzene rings is 1. The summed E-state index contributed by atoms with van der Waals surface area (Å²) >= 11 is 3.41. The summed E-state index contributed by atoms with van der Waals surface area (Å²) in [4.78, 5) is 16.5. The Balaban J connectivity index is 1.68. The second-order valence-corrected chi connectivity index (χ2v) is 9.29. The topological polar surface area (TPSA) is 32.9 Å². The molecule has 0 amide bonds. The van der Waals surface area contributed by atoms with Crippen LogP contribution < -0.4 is 4.87 Å². The van der Waals surface area contributed by atoms with Crippen LogP contribution in [0.2, 0.25) is 0 Å². The van der Waals surface area contributed by atoms with Crippen LogP contribution in [-0.4, -0.2) is 10.2 Å². The van der Waals surface area contributed by atoms with Gasteiger partial charge in [-0.2, -0.15) is 0 Å². The maximum atomic E-state index is 11.9. The molecular formula is C18H19NOS2. The highest BCUT2D eigenvalue weighted by atomic mass is 32.2. The predicted molar refractivity (Wildman–Crippen MR) is 91.9 cm³/mol. The molecule has 1 aliphatic heterocycles. The highest BCUT2D eigenvalue weighted by Crippen LogP contribution is 2.63. The van der Waals surface area contributed by atoms with Crippen LogP contribution in [0.15, 0.2) is 34.1 Å². The molecule has 22 heavy (non-hydrogen) atoms. The molecule has 1 aromatic carbocycles. The van der Waals surface area contributed by atoms with E-state index in [0.717, 1.165) is 22.8 Å². The Morgan fingerprint density at radius 3 is 2.73 bits per heavy atom. The standard InChI is InChI=1S/C18H19NOS2/c1-9-2-4-10(5-3-9)13-14-11-6-7-12(8-11)15(14)21-17-16(13)22-18(20)19-17/h2-5,11-15H,6-8H2,1H3,(H,19,20). The highest BCUT2D eigenvalue weighted by molar-refractivity contribution is 8.00. The molecule has 0 saturated heterocycles. The van der Waals surface area contributed by atoms with Crippen molar-refractivity contribution >= 4 is 23.1 Å². The number of aromatic nitrogens is 1. The molecule has 2 saturated carbocycles. The monoisotopic (exact) mass is 329 g/mol. The van der Waals surface area contributed by atoms with Gasteiger partial charge in [-0.1, -0.05) is 41.2 Å². The molecule has 4 heteroatoms. The second kappa shape index (κ2) is 4.75. The van der Waals surface area contributed by atoms with Crippen molar-refractivity contribution in [1.82, 2.24) is 4.98 Å². The van der Waals surface area contributed by atoms with E-state index in [9.17, 15) is 4.79 Å². The van der Waals surface area contributed by atoms with Crippen molar-refractivity contribution < 1.29 is 0 Å². The fraction of sp³-hybridized carbons (Fsp3) is 0.500. The van der Waals surface area contributed by atoms with E-state index in [1.54, 1.807) is 0 Å². The van der Waals surface area contributed by atoms with E-state index in [-0.39, 0.29) is 4.87 Å². The minimum atomic E-state index is 0.113. The third-order valence-electron chi connectivity index (χ3n) is 5.90. The van der Waals surface area contributed by atoms with Crippen molar-refractivity contribution in [2.24, 2.45) is 17.8 Å². The maximum Gasteiger partial charge on any atom is 0.305 e. The van der Waals surface area contributed by atoms with Crippen molar-refractivity contribution in [3.8, 4) is 0 Å². The number of thioether (sulfide) groups is 1. The zero-order valence-corrected chi connectivity index (χ0v) is 14.2. The van der Waals surface area contributed by atoms with Gasteiger partial charge >= 0.3 is 4.87 Å². The van der Waals surface area contributed by atoms with Gasteiger partial charge in [0.25, 0.3) is 0 Å². The molecule has 2 nitrogen and oxygen atoms in total. The minimum absolute atomic E-state index is 0.113. The number of H-pyrrole nitrogens is 1. The Hall–Kier alpha value is -1.000. The van der Waals surface area contributed by atoms with Crippen LogP contribution in [0.5, 0.6) is 0 Å². The van der Waals surface area contributed by atoms with Crippen molar-refractivity contribution in [3.63, 3.8) is 0 Å². The lowest BCUT2D eigenvalue weighted by atomic mass is 9.75. The van der Waals surface area contributed by atoms with Crippen molar-refractivity contribution in [2.75, 3.05) is 0 Å². The van der Waals surface area contributed by atoms with Gasteiger partial charge in [0.05, 0.1) is 5.03 Å². The SMILES string of the molecule is Cc1ccc(C2c3sc(=O)[nH]c3SC3C4CCC(C4)C23)cc1. The zero-order chi connectivity index (χ0) is 14.8. The summed E-state index contributed by atoms with van der Waals surface area (Å²) in [5, 5.41) is 1.87. The number of rotatable bonds is 1. The molecule has 2 aliphatic carbocycles. The van der Waals surface area contributed by atoms with Crippen molar-refractivity contribution in [2.45, 2.75) is 42.4 Å². The van der Waals surface area contributed by atoms with E-state index in [0.29, 0.717) is 11.2 Å². The third-order valence-corrected chi connectivity index (χ3v) is 8.53. The molecule has 3 aliphatic rings. The van der Waals surface area contributed by atoms with Gasteiger partial charge in [0.1, 0.15) is 0 Å². The molecule has 5 rings (SSSR count). The van der Waals surface area contributed by atoms with Crippen LogP contribution >= 0.6 is 23.1 Å². The fourth-order valence-electron chi connectivity index (χ4n) is 5.00. The Morgan fingerprint density at radius 2 is 1.91 bits per heavy atom. The Morgan fingerprint density at radius 1 is 1.14 bits per heavy atom. The van der Waals surface area contributed by atoms with Crippen LogP contribution in [0, 0.1) is 24.7 Å². The van der Waals surface area contributed by atoms with Crippen molar-refractivity contribution in [1.29, 1.82) is 0 Å². The molecule has 2 fully saturated rings. The van der Waals surface area contributed by atoms with Gasteiger partial charge in [-0.3, -0.25) is 4.79 Å². The van der Waals surface area contributed by atoms with Crippen LogP contribution in [0.3, 0.4) is 0 Å². The second-order valence-electron chi connectivity index (χ2n) is 7.09. The highest BCUT2D eigenvalue weighted by Gasteiger charge is 2.54. The van der Waals surface area contributed by atoms with Crippen LogP contribution in [0.25, 0.3) is 0 Å². The predicted octanol–water partition coefficient (Wildman–Crippen LogP) is 4.40. The summed E-state index contributed by atoms with van der Waals surface area (Å²) in [5.74, 6) is 2.88. The van der Waals surface area contributed by atoms with Gasteiger partial charge < -0.3 is 4.98 Å². The molecule has 2 heterocycles. The van der Waals surface area contributed by atoms with Gasteiger partial charge in [0.15, 0.2) is 0 Å². The lowest BCUT2D eigenvalue weighted by Crippen LogP contribution is -2.33. The first-order valence-electron chi connectivity index (χ1n) is 8.17. The summed E-state index contributed by atoms with van der Waals surface area (Å²) in [6.45, 7) is 2.14. The average Bonchev–Trinajstić information content (AvgIpc) is 3.19. The Kier molecular flexibility index (Phi) is 2.90. The fourth-order valence-corrected chi connectivity index (χ4v) is 7.89. The molecule has 0 radical (unpaired) electrons. The number of hydrogen-bond acceptors (Lipinski definition) is 3. The summed E-state index contributed by atoms with van der Waals surface area (Å²) in [7, 11) is 0. The summed E-state index contributed by atoms with van der Waals surface area (Å²) in [5.41, 5.74) is 2.71. The molecule has 0 spiro atoms. The molecule has 114 valence electrons. The van der Waals surface area contributed by atoms with Gasteiger partial charge in [0, 0.05) is 16.0 Å². The lowest BCUT2D eigenvalue weighted by molar-refractivity contribution is 0.307. The van der Waals surface area contributed by atoms with Crippen LogP contribution in [-0.2, 0) is 0 Å². The minimum Gasteiger partial charge on any atom is -0.307 e. The molecule has 5 atom stereocenters. The summed E-state index contributed by atoms with van der Waals surface area (Å²) in [6, 6.07) is 9.00. The number of hydrogen-bond donors (Lipinski definition) is 1. The van der Waals surface area contributed by atoms with E-state index < -0.39 is 0 Å². The Labute approximate surface area is 138 Å². The maximum absolute atomic E-state index is 11.9. The number of nitrogens with one attached hydrogen (secondary N) is 1. The van der Waals surface area contributed by atoms with Gasteiger partial charge in [-0.15, -0.1) is 11.8 Å². The van der Waals surface area contributed by atoms with Gasteiger partial charge in [-0.05, 0) is 49.5 Å². The number of thiazole rings is 1. The average molecular weight is 329 g/mol. The van der Waals surface area contributed by atoms with E-state index in [1.807, 2.05) is 11.8 Å². The molecular weight excluding hydrogens is 310 g/mol. The molecule has 1 N–H and O–H groups in total. The third kappa shape index (κ3) is 1.83. The van der Waals surface area contributed by atoms with E-state index in [1.165, 1.54) is 46.6 Å². The first-order chi connectivity index (χ1) is 10.7. The number of aryl methyl sites for hydroxylation is 1. The van der Waals surface area contributed by atoms with Gasteiger partial charge in [0.2, 0.25) is 0 Å². The van der Waals surface area contributed by atoms with Crippen LogP contribution in [0.4, 0.5) is 0 Å². The summed E-state index contributed by atoms with van der Waals surface area (Å²) < 4.78 is 0. The quantitative estimate of drug-likeness (QED) is 0.841. The van der Waals surface area contributed by atoms with Crippen molar-refractivity contribution in [3.05, 3.63) is 49.9 Å². The smallest absolute Gasteiger partial charge is 0.305 e. The summed E-state index contributed by atoms with van der Waals surface area (Å²) in [6.07, 6.45) is 4.19. The number of aromatic amines is 1. The van der Waals surface area contributed by atoms with E-state index in [2.05, 4.69) is 36.2 Å². The normalized spacial score (nSPS) is 35.4. The first kappa shape index (κ1) is 13.4. The van der Waals surface area contributed by atoms with Gasteiger partial charge in [-0.25, -0.2) is 0 Å². The zero-order valence-electron chi connectivity index (χ0n) is 12.5. The molecule has 1 aromatic heterocycles.